The minimum absolute atomic E-state index is 0.110. The number of aromatic nitrogens is 1. The quantitative estimate of drug-likeness (QED) is 0.493. The molecule has 1 aromatic carbocycles. The monoisotopic (exact) mass is 432 g/mol. The van der Waals surface area contributed by atoms with Crippen molar-refractivity contribution < 1.29 is 13.8 Å². The van der Waals surface area contributed by atoms with Crippen molar-refractivity contribution in [2.45, 2.75) is 12.8 Å². The van der Waals surface area contributed by atoms with Crippen molar-refractivity contribution in [2.75, 3.05) is 48.1 Å². The Bertz CT molecular complexity index is 933. The molecular formula is C20H28N6O3S. The lowest BCUT2D eigenvalue weighted by atomic mass is 10.1. The minimum atomic E-state index is -1.19. The minimum Gasteiger partial charge on any atom is -0.383 e. The van der Waals surface area contributed by atoms with Crippen LogP contribution in [0.5, 0.6) is 0 Å². The smallest absolute Gasteiger partial charge is 0.256 e. The Kier molecular flexibility index (Phi) is 8.16. The molecule has 3 rings (SSSR count). The van der Waals surface area contributed by atoms with Crippen LogP contribution in [0.4, 0.5) is 28.7 Å². The molecule has 1 amide bonds. The number of anilines is 5. The van der Waals surface area contributed by atoms with Crippen molar-refractivity contribution >= 4 is 51.9 Å². The fourth-order valence-corrected chi connectivity index (χ4v) is 2.96. The summed E-state index contributed by atoms with van der Waals surface area (Å²) < 4.78 is 13.5. The van der Waals surface area contributed by atoms with Crippen LogP contribution in [-0.2, 0) is 15.8 Å². The Morgan fingerprint density at radius 2 is 1.93 bits per heavy atom. The van der Waals surface area contributed by atoms with Crippen LogP contribution < -0.4 is 26.0 Å². The number of hydrogen-bond acceptors (Lipinski definition) is 7. The highest BCUT2D eigenvalue weighted by Crippen LogP contribution is 2.32. The summed E-state index contributed by atoms with van der Waals surface area (Å²) in [6.07, 6.45) is 4.91. The first-order valence-electron chi connectivity index (χ1n) is 9.41. The number of nitrogens with zero attached hydrogens (tertiary/aromatic N) is 2. The molecule has 0 saturated heterocycles. The average molecular weight is 433 g/mol. The van der Waals surface area contributed by atoms with Crippen LogP contribution in [0, 0.1) is 5.92 Å². The number of nitrogens with one attached hydrogen (secondary N) is 3. The highest BCUT2D eigenvalue weighted by atomic mass is 32.2. The highest BCUT2D eigenvalue weighted by Gasteiger charge is 2.19. The molecule has 1 aliphatic rings. The number of hydrogen-bond donors (Lipinski definition) is 4. The fourth-order valence-electron chi connectivity index (χ4n) is 2.52. The third-order valence-corrected chi connectivity index (χ3v) is 5.44. The first kappa shape index (κ1) is 23.1. The van der Waals surface area contributed by atoms with E-state index in [1.807, 2.05) is 24.3 Å². The maximum absolute atomic E-state index is 12.2. The number of amides is 1. The van der Waals surface area contributed by atoms with Gasteiger partial charge in [0.15, 0.2) is 0 Å². The molecule has 5 N–H and O–H groups in total. The van der Waals surface area contributed by atoms with E-state index in [1.165, 1.54) is 7.05 Å². The van der Waals surface area contributed by atoms with Crippen LogP contribution in [0.2, 0.25) is 0 Å². The molecule has 2 aromatic rings. The van der Waals surface area contributed by atoms with Crippen LogP contribution in [0.25, 0.3) is 0 Å². The van der Waals surface area contributed by atoms with Crippen LogP contribution in [0.15, 0.2) is 30.3 Å². The standard InChI is InChI=1S/C16H22N6O2S.C4H6O/c1-18-13-9-11(14(15(17)21-13)16(23)19-2)20-10-7-5-6-8-12(10)22(3)25(4)24;5-3-4-1-2-4/h5-9H,1-4H3,(H,19,23)(H4,17,18,20,21);3-4H,1-2H2. The molecule has 1 atom stereocenters. The molecule has 162 valence electrons. The van der Waals surface area contributed by atoms with E-state index in [4.69, 9.17) is 5.73 Å². The highest BCUT2D eigenvalue weighted by molar-refractivity contribution is 7.85. The van der Waals surface area contributed by atoms with Gasteiger partial charge >= 0.3 is 0 Å². The van der Waals surface area contributed by atoms with Crippen molar-refractivity contribution in [3.8, 4) is 0 Å². The molecule has 30 heavy (non-hydrogen) atoms. The molecule has 1 aromatic heterocycles. The van der Waals surface area contributed by atoms with Crippen molar-refractivity contribution in [1.29, 1.82) is 0 Å². The van der Waals surface area contributed by atoms with Gasteiger partial charge in [-0.3, -0.25) is 9.10 Å². The van der Waals surface area contributed by atoms with Gasteiger partial charge in [0.2, 0.25) is 0 Å². The van der Waals surface area contributed by atoms with Crippen LogP contribution in [0.3, 0.4) is 0 Å². The predicted molar refractivity (Wildman–Crippen MR) is 123 cm³/mol. The number of carbonyl (C=O) groups is 2. The maximum atomic E-state index is 12.2. The van der Waals surface area contributed by atoms with Crippen LogP contribution in [0.1, 0.15) is 23.2 Å². The normalized spacial score (nSPS) is 13.3. The third kappa shape index (κ3) is 5.93. The Morgan fingerprint density at radius 1 is 1.27 bits per heavy atom. The first-order valence-corrected chi connectivity index (χ1v) is 10.9. The van der Waals surface area contributed by atoms with E-state index in [0.29, 0.717) is 23.1 Å². The molecular weight excluding hydrogens is 404 g/mol. The zero-order valence-electron chi connectivity index (χ0n) is 17.6. The van der Waals surface area contributed by atoms with Gasteiger partial charge in [-0.1, -0.05) is 12.1 Å². The van der Waals surface area contributed by atoms with E-state index in [2.05, 4.69) is 20.9 Å². The zero-order chi connectivity index (χ0) is 22.3. The summed E-state index contributed by atoms with van der Waals surface area (Å²) in [6, 6.07) is 9.07. The van der Waals surface area contributed by atoms with Gasteiger partial charge in [-0.15, -0.1) is 0 Å². The topological polar surface area (TPSA) is 129 Å². The third-order valence-electron chi connectivity index (χ3n) is 4.47. The van der Waals surface area contributed by atoms with Gasteiger partial charge in [0.05, 0.1) is 17.1 Å². The molecule has 1 aliphatic carbocycles. The van der Waals surface area contributed by atoms with Crippen LogP contribution >= 0.6 is 0 Å². The molecule has 1 heterocycles. The lowest BCUT2D eigenvalue weighted by Crippen LogP contribution is -2.22. The Balaban J connectivity index is 0.000000558. The lowest BCUT2D eigenvalue weighted by Gasteiger charge is -2.21. The number of pyridine rings is 1. The number of benzene rings is 1. The summed E-state index contributed by atoms with van der Waals surface area (Å²) in [7, 11) is 3.78. The molecule has 0 aliphatic heterocycles. The van der Waals surface area contributed by atoms with E-state index < -0.39 is 11.0 Å². The summed E-state index contributed by atoms with van der Waals surface area (Å²) in [5, 5.41) is 8.69. The number of aldehydes is 1. The van der Waals surface area contributed by atoms with E-state index in [0.717, 1.165) is 24.8 Å². The summed E-state index contributed by atoms with van der Waals surface area (Å²) in [6.45, 7) is 0. The van der Waals surface area contributed by atoms with Gasteiger partial charge in [0.1, 0.15) is 34.5 Å². The second kappa shape index (κ2) is 10.6. The Hall–Kier alpha value is -3.14. The van der Waals surface area contributed by atoms with Gasteiger partial charge in [0, 0.05) is 39.4 Å². The Morgan fingerprint density at radius 3 is 2.43 bits per heavy atom. The van der Waals surface area contributed by atoms with Crippen LogP contribution in [-0.4, -0.2) is 48.8 Å². The number of nitrogen functional groups attached to an aromatic ring is 1. The zero-order valence-corrected chi connectivity index (χ0v) is 18.4. The number of carbonyl (C=O) groups excluding carboxylic acids is 2. The van der Waals surface area contributed by atoms with Crippen molar-refractivity contribution in [3.05, 3.63) is 35.9 Å². The summed E-state index contributed by atoms with van der Waals surface area (Å²) in [5.74, 6) is 0.742. The molecule has 1 fully saturated rings. The summed E-state index contributed by atoms with van der Waals surface area (Å²) >= 11 is 0. The fraction of sp³-hybridized carbons (Fsp3) is 0.350. The van der Waals surface area contributed by atoms with Gasteiger partial charge in [-0.05, 0) is 25.0 Å². The summed E-state index contributed by atoms with van der Waals surface area (Å²) in [5.41, 5.74) is 8.13. The van der Waals surface area contributed by atoms with Crippen molar-refractivity contribution in [3.63, 3.8) is 0 Å². The lowest BCUT2D eigenvalue weighted by molar-refractivity contribution is -0.108. The van der Waals surface area contributed by atoms with Gasteiger partial charge in [-0.25, -0.2) is 9.19 Å². The molecule has 10 heteroatoms. The number of nitrogens with two attached hydrogens (primary N) is 1. The van der Waals surface area contributed by atoms with Gasteiger partial charge < -0.3 is 26.5 Å². The average Bonchev–Trinajstić information content (AvgIpc) is 3.58. The number of para-hydroxylation sites is 2. The molecule has 0 spiro atoms. The second-order valence-electron chi connectivity index (χ2n) is 6.68. The van der Waals surface area contributed by atoms with Crippen molar-refractivity contribution in [2.24, 2.45) is 5.92 Å². The van der Waals surface area contributed by atoms with Gasteiger partial charge in [0.25, 0.3) is 5.91 Å². The SMILES string of the molecule is CNC(=O)c1c(Nc2ccccc2N(C)S(C)=O)cc(NC)nc1N.O=CC1CC1. The number of rotatable bonds is 7. The molecule has 0 radical (unpaired) electrons. The van der Waals surface area contributed by atoms with E-state index in [-0.39, 0.29) is 17.3 Å². The first-order chi connectivity index (χ1) is 14.3. The van der Waals surface area contributed by atoms with E-state index in [1.54, 1.807) is 30.7 Å². The molecule has 0 bridgehead atoms. The molecule has 1 unspecified atom stereocenters. The largest absolute Gasteiger partial charge is 0.383 e. The van der Waals surface area contributed by atoms with Gasteiger partial charge in [-0.2, -0.15) is 0 Å². The maximum Gasteiger partial charge on any atom is 0.256 e. The van der Waals surface area contributed by atoms with Crippen molar-refractivity contribution in [1.82, 2.24) is 10.3 Å². The molecule has 1 saturated carbocycles. The molecule has 9 nitrogen and oxygen atoms in total. The summed E-state index contributed by atoms with van der Waals surface area (Å²) in [4.78, 5) is 25.9. The van der Waals surface area contributed by atoms with E-state index >= 15 is 0 Å². The second-order valence-corrected chi connectivity index (χ2v) is 8.08. The Labute approximate surface area is 179 Å². The van der Waals surface area contributed by atoms with E-state index in [9.17, 15) is 13.8 Å². The predicted octanol–water partition coefficient (Wildman–Crippen LogP) is 2.13.